The molecule has 0 amide bonds. The van der Waals surface area contributed by atoms with Gasteiger partial charge in [0.1, 0.15) is 10.7 Å². The summed E-state index contributed by atoms with van der Waals surface area (Å²) in [5, 5.41) is 10.8. The van der Waals surface area contributed by atoms with Crippen molar-refractivity contribution < 1.29 is 22.5 Å². The standard InChI is InChI=1S/C18H14N4O6S/c1-27-15-5-3-2-4-13(15)21-29(25,26)11-6-7-12-14(10-11)20-18(19-12)16-8-9-17(28-16)22(23)24/h2-10,21H,1H3,(H,19,20). The number of nitrogens with one attached hydrogen (secondary N) is 2. The molecule has 0 aliphatic heterocycles. The minimum Gasteiger partial charge on any atom is -0.495 e. The lowest BCUT2D eigenvalue weighted by molar-refractivity contribution is -0.401. The van der Waals surface area contributed by atoms with E-state index in [-0.39, 0.29) is 16.5 Å². The van der Waals surface area contributed by atoms with Crippen LogP contribution in [0.5, 0.6) is 5.75 Å². The number of fused-ring (bicyclic) bond motifs is 1. The molecule has 2 aromatic carbocycles. The van der Waals surface area contributed by atoms with Crippen molar-refractivity contribution >= 4 is 32.6 Å². The van der Waals surface area contributed by atoms with Gasteiger partial charge in [-0.25, -0.2) is 13.4 Å². The number of nitro groups is 1. The highest BCUT2D eigenvalue weighted by Crippen LogP contribution is 2.29. The van der Waals surface area contributed by atoms with Gasteiger partial charge in [0, 0.05) is 0 Å². The third-order valence-corrected chi connectivity index (χ3v) is 5.48. The summed E-state index contributed by atoms with van der Waals surface area (Å²) in [7, 11) is -2.44. The number of ether oxygens (including phenoxy) is 1. The Morgan fingerprint density at radius 3 is 2.69 bits per heavy atom. The minimum atomic E-state index is -3.89. The number of anilines is 1. The van der Waals surface area contributed by atoms with Crippen molar-refractivity contribution in [1.82, 2.24) is 9.97 Å². The summed E-state index contributed by atoms with van der Waals surface area (Å²) in [6, 6.07) is 13.6. The lowest BCUT2D eigenvalue weighted by atomic mass is 10.3. The number of H-pyrrole nitrogens is 1. The fourth-order valence-corrected chi connectivity index (χ4v) is 3.85. The van der Waals surface area contributed by atoms with Gasteiger partial charge in [-0.3, -0.25) is 14.8 Å². The lowest BCUT2D eigenvalue weighted by Gasteiger charge is -2.11. The van der Waals surface area contributed by atoms with Gasteiger partial charge in [-0.05, 0) is 36.4 Å². The van der Waals surface area contributed by atoms with E-state index in [1.54, 1.807) is 24.3 Å². The summed E-state index contributed by atoms with van der Waals surface area (Å²) in [6.07, 6.45) is 0. The van der Waals surface area contributed by atoms with Gasteiger partial charge in [0.25, 0.3) is 10.0 Å². The number of furan rings is 1. The maximum atomic E-state index is 12.8. The fraction of sp³-hybridized carbons (Fsp3) is 0.0556. The average Bonchev–Trinajstić information content (AvgIpc) is 3.34. The number of methoxy groups -OCH3 is 1. The van der Waals surface area contributed by atoms with E-state index < -0.39 is 20.8 Å². The summed E-state index contributed by atoms with van der Waals surface area (Å²) in [4.78, 5) is 17.3. The second-order valence-corrected chi connectivity index (χ2v) is 7.65. The van der Waals surface area contributed by atoms with Crippen LogP contribution in [0.25, 0.3) is 22.6 Å². The van der Waals surface area contributed by atoms with Crippen molar-refractivity contribution in [2.45, 2.75) is 4.90 Å². The number of aromatic nitrogens is 2. The summed E-state index contributed by atoms with van der Waals surface area (Å²) < 4.78 is 38.3. The predicted octanol–water partition coefficient (Wildman–Crippen LogP) is 3.54. The van der Waals surface area contributed by atoms with Crippen LogP contribution in [0, 0.1) is 10.1 Å². The van der Waals surface area contributed by atoms with Gasteiger partial charge in [-0.1, -0.05) is 12.1 Å². The predicted molar refractivity (Wildman–Crippen MR) is 104 cm³/mol. The van der Waals surface area contributed by atoms with Crippen molar-refractivity contribution in [1.29, 1.82) is 0 Å². The van der Waals surface area contributed by atoms with Crippen molar-refractivity contribution in [3.63, 3.8) is 0 Å². The van der Waals surface area contributed by atoms with Crippen molar-refractivity contribution in [3.05, 3.63) is 64.7 Å². The Hall–Kier alpha value is -3.86. The number of imidazole rings is 1. The van der Waals surface area contributed by atoms with Gasteiger partial charge in [0.15, 0.2) is 11.6 Å². The molecule has 0 atom stereocenters. The molecule has 2 aromatic heterocycles. The zero-order chi connectivity index (χ0) is 20.6. The molecular weight excluding hydrogens is 400 g/mol. The Morgan fingerprint density at radius 1 is 1.17 bits per heavy atom. The molecule has 0 bridgehead atoms. The third kappa shape index (κ3) is 3.50. The highest BCUT2D eigenvalue weighted by atomic mass is 32.2. The summed E-state index contributed by atoms with van der Waals surface area (Å²) in [5.41, 5.74) is 1.22. The monoisotopic (exact) mass is 414 g/mol. The van der Waals surface area contributed by atoms with E-state index in [1.807, 2.05) is 0 Å². The first-order valence-corrected chi connectivity index (χ1v) is 9.76. The zero-order valence-corrected chi connectivity index (χ0v) is 15.8. The molecule has 4 aromatic rings. The molecule has 29 heavy (non-hydrogen) atoms. The lowest BCUT2D eigenvalue weighted by Crippen LogP contribution is -2.13. The third-order valence-electron chi connectivity index (χ3n) is 4.12. The summed E-state index contributed by atoms with van der Waals surface area (Å²) in [5.74, 6) is 0.398. The maximum absolute atomic E-state index is 12.8. The van der Waals surface area contributed by atoms with E-state index in [1.165, 1.54) is 37.4 Å². The van der Waals surface area contributed by atoms with Crippen LogP contribution in [-0.4, -0.2) is 30.4 Å². The number of nitrogens with zero attached hydrogens (tertiary/aromatic N) is 2. The van der Waals surface area contributed by atoms with Crippen LogP contribution in [0.4, 0.5) is 11.6 Å². The number of aromatic amines is 1. The van der Waals surface area contributed by atoms with Crippen LogP contribution in [-0.2, 0) is 10.0 Å². The van der Waals surface area contributed by atoms with Gasteiger partial charge in [0.2, 0.25) is 0 Å². The van der Waals surface area contributed by atoms with Gasteiger partial charge in [-0.15, -0.1) is 0 Å². The highest BCUT2D eigenvalue weighted by Gasteiger charge is 2.19. The second kappa shape index (κ2) is 6.95. The van der Waals surface area contributed by atoms with Crippen molar-refractivity contribution in [2.24, 2.45) is 0 Å². The highest BCUT2D eigenvalue weighted by molar-refractivity contribution is 7.92. The SMILES string of the molecule is COc1ccccc1NS(=O)(=O)c1ccc2nc(-c3ccc([N+](=O)[O-])o3)[nH]c2c1. The molecule has 2 N–H and O–H groups in total. The van der Waals surface area contributed by atoms with E-state index in [0.29, 0.717) is 22.5 Å². The van der Waals surface area contributed by atoms with Crippen molar-refractivity contribution in [2.75, 3.05) is 11.8 Å². The smallest absolute Gasteiger partial charge is 0.433 e. The molecule has 10 nitrogen and oxygen atoms in total. The first-order valence-electron chi connectivity index (χ1n) is 8.27. The quantitative estimate of drug-likeness (QED) is 0.363. The van der Waals surface area contributed by atoms with E-state index in [9.17, 15) is 18.5 Å². The first-order chi connectivity index (χ1) is 13.9. The van der Waals surface area contributed by atoms with E-state index in [0.717, 1.165) is 0 Å². The second-order valence-electron chi connectivity index (χ2n) is 5.97. The van der Waals surface area contributed by atoms with Crippen LogP contribution in [0.15, 0.2) is 63.9 Å². The van der Waals surface area contributed by atoms with Gasteiger partial charge in [-0.2, -0.15) is 0 Å². The number of sulfonamides is 1. The molecule has 11 heteroatoms. The van der Waals surface area contributed by atoms with Crippen LogP contribution in [0.2, 0.25) is 0 Å². The Morgan fingerprint density at radius 2 is 1.97 bits per heavy atom. The summed E-state index contributed by atoms with van der Waals surface area (Å²) >= 11 is 0. The van der Waals surface area contributed by atoms with Crippen LogP contribution in [0.3, 0.4) is 0 Å². The van der Waals surface area contributed by atoms with E-state index in [2.05, 4.69) is 14.7 Å². The van der Waals surface area contributed by atoms with Crippen LogP contribution in [0.1, 0.15) is 0 Å². The Kier molecular flexibility index (Phi) is 4.43. The zero-order valence-electron chi connectivity index (χ0n) is 14.9. The van der Waals surface area contributed by atoms with E-state index in [4.69, 9.17) is 9.15 Å². The van der Waals surface area contributed by atoms with Crippen LogP contribution >= 0.6 is 0 Å². The Balaban J connectivity index is 1.68. The molecule has 0 unspecified atom stereocenters. The number of benzene rings is 2. The molecule has 0 saturated heterocycles. The normalized spacial score (nSPS) is 11.5. The van der Waals surface area contributed by atoms with Crippen molar-refractivity contribution in [3.8, 4) is 17.3 Å². The van der Waals surface area contributed by atoms with Gasteiger partial charge in [0.05, 0.1) is 34.8 Å². The molecule has 0 fully saturated rings. The molecule has 0 spiro atoms. The largest absolute Gasteiger partial charge is 0.495 e. The molecule has 0 aliphatic carbocycles. The first kappa shape index (κ1) is 18.5. The molecule has 2 heterocycles. The molecule has 4 rings (SSSR count). The number of rotatable bonds is 6. The number of hydrogen-bond acceptors (Lipinski definition) is 7. The molecule has 0 saturated carbocycles. The molecule has 148 valence electrons. The number of hydrogen-bond donors (Lipinski definition) is 2. The topological polar surface area (TPSA) is 140 Å². The summed E-state index contributed by atoms with van der Waals surface area (Å²) in [6.45, 7) is 0. The average molecular weight is 414 g/mol. The fourth-order valence-electron chi connectivity index (χ4n) is 2.76. The molecule has 0 radical (unpaired) electrons. The Bertz CT molecular complexity index is 1330. The van der Waals surface area contributed by atoms with Crippen LogP contribution < -0.4 is 9.46 Å². The Labute approximate surface area is 164 Å². The minimum absolute atomic E-state index is 0.0107. The van der Waals surface area contributed by atoms with Gasteiger partial charge >= 0.3 is 5.88 Å². The molecule has 0 aliphatic rings. The maximum Gasteiger partial charge on any atom is 0.433 e. The number of para-hydroxylation sites is 2. The van der Waals surface area contributed by atoms with E-state index >= 15 is 0 Å². The molecular formula is C18H14N4O6S. The van der Waals surface area contributed by atoms with Gasteiger partial charge < -0.3 is 14.1 Å².